The smallest absolute Gasteiger partial charge is 0.145 e. The molecule has 0 unspecified atom stereocenters. The lowest BCUT2D eigenvalue weighted by Crippen LogP contribution is -2.24. The second-order valence-corrected chi connectivity index (χ2v) is 9.42. The van der Waals surface area contributed by atoms with Gasteiger partial charge in [-0.1, -0.05) is 6.42 Å². The molecule has 0 aliphatic carbocycles. The summed E-state index contributed by atoms with van der Waals surface area (Å²) in [5.41, 5.74) is 6.08. The molecule has 174 valence electrons. The van der Waals surface area contributed by atoms with Gasteiger partial charge in [-0.25, -0.2) is 15.0 Å². The fourth-order valence-electron chi connectivity index (χ4n) is 4.12. The molecule has 1 aliphatic heterocycles. The van der Waals surface area contributed by atoms with Gasteiger partial charge < -0.3 is 15.3 Å². The average molecular weight is 474 g/mol. The van der Waals surface area contributed by atoms with Gasteiger partial charge in [0.1, 0.15) is 17.9 Å². The molecule has 3 aromatic heterocycles. The van der Waals surface area contributed by atoms with Crippen molar-refractivity contribution in [2.24, 2.45) is 7.05 Å². The number of phenolic OH excluding ortho intramolecular Hbond substituents is 1. The number of anilines is 2. The van der Waals surface area contributed by atoms with Gasteiger partial charge in [-0.3, -0.25) is 4.68 Å². The molecule has 8 nitrogen and oxygen atoms in total. The lowest BCUT2D eigenvalue weighted by molar-refractivity contribution is 0.277. The molecule has 0 spiro atoms. The predicted molar refractivity (Wildman–Crippen MR) is 138 cm³/mol. The van der Waals surface area contributed by atoms with E-state index in [1.807, 2.05) is 43.0 Å². The molecule has 0 radical (unpaired) electrons. The van der Waals surface area contributed by atoms with E-state index < -0.39 is 0 Å². The molecule has 2 aromatic carbocycles. The number of benzene rings is 2. The van der Waals surface area contributed by atoms with Crippen LogP contribution in [0.1, 0.15) is 19.3 Å². The lowest BCUT2D eigenvalue weighted by atomic mass is 10.1. The monoisotopic (exact) mass is 473 g/mol. The minimum atomic E-state index is 0.119. The van der Waals surface area contributed by atoms with Crippen LogP contribution in [0.2, 0.25) is 0 Å². The van der Waals surface area contributed by atoms with Gasteiger partial charge in [0, 0.05) is 24.5 Å². The third kappa shape index (κ3) is 4.85. The van der Waals surface area contributed by atoms with E-state index in [1.165, 1.54) is 38.7 Å². The number of aromatic hydroxyl groups is 1. The van der Waals surface area contributed by atoms with Crippen LogP contribution in [0, 0.1) is 0 Å². The zero-order valence-electron chi connectivity index (χ0n) is 19.3. The van der Waals surface area contributed by atoms with Crippen LogP contribution in [0.3, 0.4) is 0 Å². The van der Waals surface area contributed by atoms with Crippen LogP contribution in [0.15, 0.2) is 54.6 Å². The summed E-state index contributed by atoms with van der Waals surface area (Å²) < 4.78 is 2.81. The third-order valence-corrected chi connectivity index (χ3v) is 6.72. The average Bonchev–Trinajstić information content (AvgIpc) is 3.48. The van der Waals surface area contributed by atoms with Gasteiger partial charge in [-0.2, -0.15) is 5.10 Å². The molecule has 1 aliphatic rings. The molecule has 9 heteroatoms. The fraction of sp³-hybridized carbons (Fsp3) is 0.280. The summed E-state index contributed by atoms with van der Waals surface area (Å²) in [6.07, 6.45) is 9.41. The molecule has 2 N–H and O–H groups in total. The maximum Gasteiger partial charge on any atom is 0.145 e. The Labute approximate surface area is 201 Å². The van der Waals surface area contributed by atoms with Gasteiger partial charge in [0.05, 0.1) is 32.8 Å². The Morgan fingerprint density at radius 2 is 1.79 bits per heavy atom. The van der Waals surface area contributed by atoms with Crippen molar-refractivity contribution in [1.82, 2.24) is 29.6 Å². The second kappa shape index (κ2) is 9.74. The lowest BCUT2D eigenvalue weighted by Gasteiger charge is -2.20. The summed E-state index contributed by atoms with van der Waals surface area (Å²) in [4.78, 5) is 15.3. The molecule has 1 fully saturated rings. The first kappa shape index (κ1) is 22.2. The molecule has 0 atom stereocenters. The van der Waals surface area contributed by atoms with Crippen molar-refractivity contribution < 1.29 is 5.11 Å². The van der Waals surface area contributed by atoms with E-state index in [-0.39, 0.29) is 5.75 Å². The quantitative estimate of drug-likeness (QED) is 0.372. The molecule has 5 aromatic rings. The highest BCUT2D eigenvalue weighted by atomic mass is 32.1. The van der Waals surface area contributed by atoms with Gasteiger partial charge in [-0.05, 0) is 68.9 Å². The van der Waals surface area contributed by atoms with Crippen molar-refractivity contribution >= 4 is 44.0 Å². The van der Waals surface area contributed by atoms with Gasteiger partial charge in [0.2, 0.25) is 0 Å². The number of thiazole rings is 1. The van der Waals surface area contributed by atoms with E-state index in [2.05, 4.69) is 37.3 Å². The van der Waals surface area contributed by atoms with Crippen molar-refractivity contribution in [1.29, 1.82) is 0 Å². The van der Waals surface area contributed by atoms with Crippen LogP contribution >= 0.6 is 11.3 Å². The van der Waals surface area contributed by atoms with Gasteiger partial charge in [-0.15, -0.1) is 11.3 Å². The van der Waals surface area contributed by atoms with E-state index >= 15 is 0 Å². The Hall–Kier alpha value is -3.56. The number of nitrogens with zero attached hydrogens (tertiary/aromatic N) is 6. The van der Waals surface area contributed by atoms with E-state index in [1.54, 1.807) is 28.3 Å². The number of hydrogen-bond acceptors (Lipinski definition) is 8. The minimum absolute atomic E-state index is 0.119. The predicted octanol–water partition coefficient (Wildman–Crippen LogP) is 5.19. The van der Waals surface area contributed by atoms with Crippen LogP contribution in [-0.4, -0.2) is 54.9 Å². The van der Waals surface area contributed by atoms with Crippen LogP contribution in [0.5, 0.6) is 5.75 Å². The van der Waals surface area contributed by atoms with E-state index in [4.69, 9.17) is 0 Å². The normalized spacial score (nSPS) is 14.2. The number of nitrogens with one attached hydrogen (secondary N) is 1. The van der Waals surface area contributed by atoms with Crippen LogP contribution in [-0.2, 0) is 7.05 Å². The number of phenols is 1. The second-order valence-electron chi connectivity index (χ2n) is 8.54. The summed E-state index contributed by atoms with van der Waals surface area (Å²) in [5, 5.41) is 18.7. The zero-order chi connectivity index (χ0) is 23.5. The molecular weight excluding hydrogens is 446 g/mol. The molecule has 4 heterocycles. The molecule has 0 bridgehead atoms. The Balaban J connectivity index is 0.000000297. The van der Waals surface area contributed by atoms with Gasteiger partial charge in [0.15, 0.2) is 0 Å². The standard InChI is InChI=1S/C19H14N6OS.C6H13N/c1-25-8-12(7-23-25)11-4-15-18(16(26)5-11)19(21-9-20-15)24-13-2-3-14-17(6-13)27-10-22-14;1-7-5-3-2-4-6-7/h2-10,26H,1H3,(H,20,21,24);2-6H2,1H3. The first-order valence-corrected chi connectivity index (χ1v) is 12.2. The third-order valence-electron chi connectivity index (χ3n) is 5.93. The van der Waals surface area contributed by atoms with Crippen molar-refractivity contribution in [3.8, 4) is 16.9 Å². The first-order valence-electron chi connectivity index (χ1n) is 11.3. The number of rotatable bonds is 3. The molecule has 6 rings (SSSR count). The van der Waals surface area contributed by atoms with Crippen LogP contribution < -0.4 is 5.32 Å². The highest BCUT2D eigenvalue weighted by Gasteiger charge is 2.13. The number of likely N-dealkylation sites (tertiary alicyclic amines) is 1. The number of aromatic nitrogens is 5. The van der Waals surface area contributed by atoms with Crippen molar-refractivity contribution in [3.63, 3.8) is 0 Å². The van der Waals surface area contributed by atoms with E-state index in [0.29, 0.717) is 16.7 Å². The number of piperidine rings is 1. The Bertz CT molecular complexity index is 1420. The highest BCUT2D eigenvalue weighted by molar-refractivity contribution is 7.16. The number of aryl methyl sites for hydroxylation is 1. The summed E-state index contributed by atoms with van der Waals surface area (Å²) >= 11 is 1.58. The summed E-state index contributed by atoms with van der Waals surface area (Å²) in [6, 6.07) is 9.54. The fourth-order valence-corrected chi connectivity index (χ4v) is 4.84. The topological polar surface area (TPSA) is 92.0 Å². The molecule has 1 saturated heterocycles. The van der Waals surface area contributed by atoms with Crippen LogP contribution in [0.4, 0.5) is 11.5 Å². The van der Waals surface area contributed by atoms with E-state index in [9.17, 15) is 5.11 Å². The molecular formula is C25H27N7OS. The molecule has 0 amide bonds. The number of hydrogen-bond donors (Lipinski definition) is 2. The summed E-state index contributed by atoms with van der Waals surface area (Å²) in [5.74, 6) is 0.674. The SMILES string of the molecule is CN1CCCCC1.Cn1cc(-c2cc(O)c3c(Nc4ccc5ncsc5c4)ncnc3c2)cn1. The minimum Gasteiger partial charge on any atom is -0.507 e. The van der Waals surface area contributed by atoms with Crippen molar-refractivity contribution in [2.75, 3.05) is 25.5 Å². The highest BCUT2D eigenvalue weighted by Crippen LogP contribution is 2.35. The van der Waals surface area contributed by atoms with Crippen LogP contribution in [0.25, 0.3) is 32.2 Å². The Morgan fingerprint density at radius 3 is 2.53 bits per heavy atom. The summed E-state index contributed by atoms with van der Waals surface area (Å²) in [6.45, 7) is 2.64. The Morgan fingerprint density at radius 1 is 0.941 bits per heavy atom. The van der Waals surface area contributed by atoms with E-state index in [0.717, 1.165) is 27.0 Å². The zero-order valence-corrected chi connectivity index (χ0v) is 20.1. The molecule has 34 heavy (non-hydrogen) atoms. The Kier molecular flexibility index (Phi) is 6.37. The largest absolute Gasteiger partial charge is 0.507 e. The van der Waals surface area contributed by atoms with Gasteiger partial charge in [0.25, 0.3) is 0 Å². The first-order chi connectivity index (χ1) is 16.6. The van der Waals surface area contributed by atoms with Crippen molar-refractivity contribution in [3.05, 3.63) is 54.6 Å². The maximum absolute atomic E-state index is 10.7. The maximum atomic E-state index is 10.7. The summed E-state index contributed by atoms with van der Waals surface area (Å²) in [7, 11) is 4.05. The van der Waals surface area contributed by atoms with Gasteiger partial charge >= 0.3 is 0 Å². The van der Waals surface area contributed by atoms with Crippen molar-refractivity contribution in [2.45, 2.75) is 19.3 Å². The molecule has 0 saturated carbocycles. The number of fused-ring (bicyclic) bond motifs is 2.